The number of allylic oxidation sites excluding steroid dienone is 1. The molecule has 0 bridgehead atoms. The third kappa shape index (κ3) is 4.40. The van der Waals surface area contributed by atoms with Crippen LogP contribution < -0.4 is 21.3 Å². The van der Waals surface area contributed by atoms with E-state index in [4.69, 9.17) is 5.73 Å². The van der Waals surface area contributed by atoms with Gasteiger partial charge in [-0.05, 0) is 41.5 Å². The van der Waals surface area contributed by atoms with Crippen LogP contribution in [-0.4, -0.2) is 31.7 Å². The number of amides is 3. The van der Waals surface area contributed by atoms with Gasteiger partial charge in [-0.3, -0.25) is 14.7 Å². The first-order valence-corrected chi connectivity index (χ1v) is 10.9. The first kappa shape index (κ1) is 24.5. The number of carbonyl (C=O) groups excluding carboxylic acids is 2. The lowest BCUT2D eigenvalue weighted by atomic mass is 9.86. The molecule has 0 saturated heterocycles. The molecule has 1 unspecified atom stereocenters. The maximum atomic E-state index is 13.4. The molecule has 2 aliphatic heterocycles. The molecule has 0 spiro atoms. The van der Waals surface area contributed by atoms with E-state index in [0.29, 0.717) is 28.0 Å². The second-order valence-electron chi connectivity index (χ2n) is 8.06. The summed E-state index contributed by atoms with van der Waals surface area (Å²) in [5.74, 6) is -0.462. The van der Waals surface area contributed by atoms with Crippen molar-refractivity contribution in [1.82, 2.24) is 10.6 Å². The van der Waals surface area contributed by atoms with Crippen LogP contribution in [0.5, 0.6) is 0 Å². The molecule has 2 aromatic rings. The zero-order valence-electron chi connectivity index (χ0n) is 19.1. The first-order chi connectivity index (χ1) is 17.2. The molecule has 0 saturated carbocycles. The third-order valence-corrected chi connectivity index (χ3v) is 5.92. The molecule has 2 aliphatic rings. The molecule has 0 fully saturated rings. The van der Waals surface area contributed by atoms with Crippen molar-refractivity contribution in [1.29, 1.82) is 5.26 Å². The topological polar surface area (TPSA) is 124 Å². The van der Waals surface area contributed by atoms with E-state index in [1.807, 2.05) is 6.07 Å². The summed E-state index contributed by atoms with van der Waals surface area (Å²) >= 11 is 0. The molecule has 2 aromatic carbocycles. The number of hydrogen-bond acceptors (Lipinski definition) is 5. The van der Waals surface area contributed by atoms with Crippen LogP contribution in [0, 0.1) is 11.3 Å². The smallest absolute Gasteiger partial charge is 0.404 e. The van der Waals surface area contributed by atoms with E-state index in [1.54, 1.807) is 25.2 Å². The Morgan fingerprint density at radius 3 is 2.69 bits per heavy atom. The summed E-state index contributed by atoms with van der Waals surface area (Å²) in [6.45, 7) is 0.212. The summed E-state index contributed by atoms with van der Waals surface area (Å²) < 4.78 is 40.0. The van der Waals surface area contributed by atoms with Crippen LogP contribution in [0.3, 0.4) is 0 Å². The van der Waals surface area contributed by atoms with E-state index < -0.39 is 29.7 Å². The van der Waals surface area contributed by atoms with Crippen LogP contribution in [0.25, 0.3) is 5.57 Å². The summed E-state index contributed by atoms with van der Waals surface area (Å²) in [5.41, 5.74) is 7.10. The molecule has 2 heterocycles. The minimum absolute atomic E-state index is 0.0105. The second-order valence-corrected chi connectivity index (χ2v) is 8.06. The van der Waals surface area contributed by atoms with Crippen molar-refractivity contribution in [2.24, 2.45) is 10.7 Å². The zero-order chi connectivity index (χ0) is 26.0. The van der Waals surface area contributed by atoms with Gasteiger partial charge in [-0.25, -0.2) is 4.79 Å². The Bertz CT molecular complexity index is 1370. The van der Waals surface area contributed by atoms with Gasteiger partial charge in [-0.1, -0.05) is 12.1 Å². The predicted octanol–water partition coefficient (Wildman–Crippen LogP) is 3.62. The number of nitrogens with two attached hydrogens (primary N) is 1. The zero-order valence-corrected chi connectivity index (χ0v) is 19.1. The van der Waals surface area contributed by atoms with Gasteiger partial charge in [0.2, 0.25) is 0 Å². The number of carbonyl (C=O) groups is 2. The number of nitrogens with zero attached hydrogens (tertiary/aromatic N) is 3. The van der Waals surface area contributed by atoms with Crippen LogP contribution in [0.4, 0.5) is 23.7 Å². The summed E-state index contributed by atoms with van der Waals surface area (Å²) in [7, 11) is 1.54. The first-order valence-electron chi connectivity index (χ1n) is 10.9. The van der Waals surface area contributed by atoms with Crippen molar-refractivity contribution in [3.8, 4) is 6.07 Å². The van der Waals surface area contributed by atoms with E-state index in [0.717, 1.165) is 17.0 Å². The highest BCUT2D eigenvalue weighted by Crippen LogP contribution is 2.40. The molecule has 0 radical (unpaired) electrons. The number of urea groups is 1. The standard InChI is InChI=1S/C25H21F3N6O2/c1-31-13-15(12-30)19-9-14(11-29)5-6-18(19)22-21-20(7-8-32-23(21)35)34(24(36)33-22)17-4-2-3-16(10-17)25(26,27)28/h2-6,9-10,12-13,22H,7-8,30H2,1H3,(H,32,35)(H,33,36). The normalized spacial score (nSPS) is 18.6. The number of hydrogen-bond donors (Lipinski definition) is 3. The van der Waals surface area contributed by atoms with E-state index in [2.05, 4.69) is 15.6 Å². The van der Waals surface area contributed by atoms with Gasteiger partial charge in [-0.15, -0.1) is 0 Å². The maximum Gasteiger partial charge on any atom is 0.416 e. The van der Waals surface area contributed by atoms with Crippen molar-refractivity contribution >= 4 is 29.4 Å². The average Bonchev–Trinajstić information content (AvgIpc) is 2.86. The highest BCUT2D eigenvalue weighted by atomic mass is 19.4. The lowest BCUT2D eigenvalue weighted by Crippen LogP contribution is -2.52. The van der Waals surface area contributed by atoms with Crippen molar-refractivity contribution in [2.45, 2.75) is 18.6 Å². The van der Waals surface area contributed by atoms with Crippen LogP contribution in [0.1, 0.15) is 34.7 Å². The number of alkyl halides is 3. The molecular weight excluding hydrogens is 473 g/mol. The van der Waals surface area contributed by atoms with Gasteiger partial charge in [0.25, 0.3) is 5.91 Å². The van der Waals surface area contributed by atoms with Crippen LogP contribution >= 0.6 is 0 Å². The summed E-state index contributed by atoms with van der Waals surface area (Å²) in [6, 6.07) is 9.51. The summed E-state index contributed by atoms with van der Waals surface area (Å²) in [5, 5.41) is 14.9. The molecule has 36 heavy (non-hydrogen) atoms. The van der Waals surface area contributed by atoms with Crippen molar-refractivity contribution in [3.63, 3.8) is 0 Å². The van der Waals surface area contributed by atoms with Gasteiger partial charge < -0.3 is 16.4 Å². The highest BCUT2D eigenvalue weighted by Gasteiger charge is 2.41. The Morgan fingerprint density at radius 2 is 2.03 bits per heavy atom. The molecule has 0 aliphatic carbocycles. The predicted molar refractivity (Wildman–Crippen MR) is 128 cm³/mol. The molecule has 0 aromatic heterocycles. The van der Waals surface area contributed by atoms with Crippen LogP contribution in [0.15, 0.2) is 64.9 Å². The number of nitrogens with one attached hydrogen (secondary N) is 2. The van der Waals surface area contributed by atoms with Crippen molar-refractivity contribution in [2.75, 3.05) is 18.5 Å². The van der Waals surface area contributed by atoms with Crippen molar-refractivity contribution < 1.29 is 22.8 Å². The number of anilines is 1. The number of halogens is 3. The van der Waals surface area contributed by atoms with E-state index >= 15 is 0 Å². The molecular formula is C25H21F3N6O2. The van der Waals surface area contributed by atoms with Gasteiger partial charge >= 0.3 is 12.2 Å². The third-order valence-electron chi connectivity index (χ3n) is 5.92. The number of nitriles is 1. The molecule has 4 N–H and O–H groups in total. The summed E-state index contributed by atoms with van der Waals surface area (Å²) in [6.07, 6.45) is -1.60. The minimum atomic E-state index is -4.60. The monoisotopic (exact) mass is 494 g/mol. The number of rotatable bonds is 4. The fraction of sp³-hybridized carbons (Fsp3) is 0.200. The molecule has 3 amide bonds. The minimum Gasteiger partial charge on any atom is -0.404 e. The Kier molecular flexibility index (Phi) is 6.53. The van der Waals surface area contributed by atoms with E-state index in [9.17, 15) is 28.0 Å². The van der Waals surface area contributed by atoms with Gasteiger partial charge in [0.1, 0.15) is 0 Å². The average molecular weight is 494 g/mol. The van der Waals surface area contributed by atoms with Crippen LogP contribution in [0.2, 0.25) is 0 Å². The number of aliphatic imine (C=N–C) groups is 1. The second kappa shape index (κ2) is 9.58. The van der Waals surface area contributed by atoms with E-state index in [-0.39, 0.29) is 24.2 Å². The van der Waals surface area contributed by atoms with Gasteiger partial charge in [0.15, 0.2) is 0 Å². The maximum absolute atomic E-state index is 13.4. The van der Waals surface area contributed by atoms with Crippen LogP contribution in [-0.2, 0) is 11.0 Å². The SMILES string of the molecule is CN=CC(=CN)c1cc(C#N)ccc1C1NC(=O)N(c2cccc(C(F)(F)F)c2)C2=C1C(=O)NCC2. The molecule has 184 valence electrons. The molecule has 8 nitrogen and oxygen atoms in total. The Hall–Kier alpha value is -4.59. The molecule has 11 heteroatoms. The Morgan fingerprint density at radius 1 is 1.25 bits per heavy atom. The lowest BCUT2D eigenvalue weighted by Gasteiger charge is -2.39. The fourth-order valence-electron chi connectivity index (χ4n) is 4.36. The van der Waals surface area contributed by atoms with Gasteiger partial charge in [-0.2, -0.15) is 18.4 Å². The Labute approximate surface area is 204 Å². The van der Waals surface area contributed by atoms with E-state index in [1.165, 1.54) is 24.5 Å². The highest BCUT2D eigenvalue weighted by molar-refractivity contribution is 6.11. The Balaban J connectivity index is 1.92. The summed E-state index contributed by atoms with van der Waals surface area (Å²) in [4.78, 5) is 31.5. The molecule has 4 rings (SSSR count). The lowest BCUT2D eigenvalue weighted by molar-refractivity contribution is -0.137. The largest absolute Gasteiger partial charge is 0.416 e. The molecule has 1 atom stereocenters. The fourth-order valence-corrected chi connectivity index (χ4v) is 4.36. The number of benzene rings is 2. The van der Waals surface area contributed by atoms with Gasteiger partial charge in [0, 0.05) is 43.7 Å². The quantitative estimate of drug-likeness (QED) is 0.562. The van der Waals surface area contributed by atoms with Crippen molar-refractivity contribution in [3.05, 3.63) is 82.2 Å². The van der Waals surface area contributed by atoms with Gasteiger partial charge in [0.05, 0.1) is 34.5 Å².